The predicted octanol–water partition coefficient (Wildman–Crippen LogP) is 3.23. The van der Waals surface area contributed by atoms with Gasteiger partial charge in [0.15, 0.2) is 0 Å². The van der Waals surface area contributed by atoms with Crippen molar-refractivity contribution in [2.45, 2.75) is 25.6 Å². The molecule has 0 saturated carbocycles. The van der Waals surface area contributed by atoms with E-state index in [0.717, 1.165) is 18.2 Å². The van der Waals surface area contributed by atoms with E-state index in [9.17, 15) is 18.0 Å². The van der Waals surface area contributed by atoms with Gasteiger partial charge in [0.1, 0.15) is 0 Å². The molecule has 0 spiro atoms. The molecule has 2 N–H and O–H groups in total. The Balaban J connectivity index is 3.26. The lowest BCUT2D eigenvalue weighted by molar-refractivity contribution is -0.138. The Morgan fingerprint density at radius 1 is 1.37 bits per heavy atom. The monoisotopic (exact) mass is 271 g/mol. The number of hydrogen-bond acceptors (Lipinski definition) is 2. The van der Waals surface area contributed by atoms with Crippen molar-refractivity contribution in [2.75, 3.05) is 5.32 Å². The van der Waals surface area contributed by atoms with Crippen molar-refractivity contribution < 1.29 is 23.1 Å². The van der Waals surface area contributed by atoms with E-state index in [1.54, 1.807) is 13.8 Å². The molecule has 0 aliphatic heterocycles. The first-order chi connectivity index (χ1) is 8.57. The first-order valence-electron chi connectivity index (χ1n) is 5.27. The normalized spacial score (nSPS) is 11.8. The van der Waals surface area contributed by atoms with Gasteiger partial charge in [-0.15, -0.1) is 6.42 Å². The van der Waals surface area contributed by atoms with Crippen molar-refractivity contribution in [3.8, 4) is 12.3 Å². The van der Waals surface area contributed by atoms with Crippen molar-refractivity contribution in [3.05, 3.63) is 29.3 Å². The molecule has 0 aliphatic rings. The van der Waals surface area contributed by atoms with Gasteiger partial charge in [0.25, 0.3) is 0 Å². The van der Waals surface area contributed by atoms with Gasteiger partial charge in [-0.25, -0.2) is 4.79 Å². The van der Waals surface area contributed by atoms with Crippen LogP contribution in [0.2, 0.25) is 0 Å². The van der Waals surface area contributed by atoms with Crippen LogP contribution in [0, 0.1) is 12.3 Å². The zero-order chi connectivity index (χ0) is 14.8. The zero-order valence-electron chi connectivity index (χ0n) is 10.3. The minimum Gasteiger partial charge on any atom is -0.478 e. The van der Waals surface area contributed by atoms with Crippen LogP contribution in [0.4, 0.5) is 18.9 Å². The van der Waals surface area contributed by atoms with Crippen LogP contribution in [0.3, 0.4) is 0 Å². The Labute approximate surface area is 108 Å². The molecular formula is C13H12F3NO2. The van der Waals surface area contributed by atoms with Gasteiger partial charge in [-0.2, -0.15) is 13.2 Å². The number of carboxylic acid groups (broad SMARTS) is 1. The molecule has 0 aromatic heterocycles. The lowest BCUT2D eigenvalue weighted by atomic mass is 10.0. The number of terminal acetylenes is 1. The molecule has 0 fully saturated rings. The molecule has 6 heteroatoms. The summed E-state index contributed by atoms with van der Waals surface area (Å²) in [6.45, 7) is 3.29. The molecule has 3 nitrogen and oxygen atoms in total. The maximum Gasteiger partial charge on any atom is 0.417 e. The molecule has 0 radical (unpaired) electrons. The summed E-state index contributed by atoms with van der Waals surface area (Å²) in [6, 6.07) is 2.79. The Bertz CT molecular complexity index is 542. The number of carbonyl (C=O) groups is 1. The maximum absolute atomic E-state index is 12.6. The van der Waals surface area contributed by atoms with Gasteiger partial charge in [-0.05, 0) is 32.0 Å². The third-order valence-electron chi connectivity index (χ3n) is 2.37. The Morgan fingerprint density at radius 2 is 1.95 bits per heavy atom. The Hall–Kier alpha value is -2.16. The highest BCUT2D eigenvalue weighted by Crippen LogP contribution is 2.33. The van der Waals surface area contributed by atoms with Crippen LogP contribution in [0.5, 0.6) is 0 Å². The van der Waals surface area contributed by atoms with E-state index in [1.165, 1.54) is 0 Å². The molecule has 0 saturated heterocycles. The summed E-state index contributed by atoms with van der Waals surface area (Å²) < 4.78 is 37.9. The smallest absolute Gasteiger partial charge is 0.417 e. The molecule has 0 unspecified atom stereocenters. The number of hydrogen-bond donors (Lipinski definition) is 2. The molecule has 1 aromatic carbocycles. The van der Waals surface area contributed by atoms with Crippen LogP contribution in [-0.4, -0.2) is 16.6 Å². The second kappa shape index (κ2) is 4.84. The molecular weight excluding hydrogens is 259 g/mol. The van der Waals surface area contributed by atoms with Gasteiger partial charge in [0.05, 0.1) is 16.7 Å². The van der Waals surface area contributed by atoms with E-state index in [2.05, 4.69) is 11.2 Å². The summed E-state index contributed by atoms with van der Waals surface area (Å²) in [5, 5.41) is 11.6. The lowest BCUT2D eigenvalue weighted by Gasteiger charge is -2.22. The van der Waals surface area contributed by atoms with Gasteiger partial charge < -0.3 is 10.4 Å². The van der Waals surface area contributed by atoms with Crippen LogP contribution in [0.25, 0.3) is 0 Å². The van der Waals surface area contributed by atoms with Crippen LogP contribution in [-0.2, 0) is 6.18 Å². The minimum atomic E-state index is -4.71. The van der Waals surface area contributed by atoms with E-state index < -0.39 is 28.8 Å². The number of alkyl halides is 3. The number of nitrogens with one attached hydrogen (secondary N) is 1. The van der Waals surface area contributed by atoms with Crippen LogP contribution < -0.4 is 5.32 Å². The van der Waals surface area contributed by atoms with Crippen molar-refractivity contribution in [1.82, 2.24) is 0 Å². The van der Waals surface area contributed by atoms with E-state index in [-0.39, 0.29) is 5.69 Å². The maximum atomic E-state index is 12.6. The number of anilines is 1. The van der Waals surface area contributed by atoms with Crippen molar-refractivity contribution in [2.24, 2.45) is 0 Å². The topological polar surface area (TPSA) is 49.3 Å². The third kappa shape index (κ3) is 3.65. The Morgan fingerprint density at radius 3 is 2.37 bits per heavy atom. The number of carboxylic acids is 1. The fraction of sp³-hybridized carbons (Fsp3) is 0.308. The van der Waals surface area contributed by atoms with Crippen molar-refractivity contribution in [3.63, 3.8) is 0 Å². The number of rotatable bonds is 3. The van der Waals surface area contributed by atoms with Crippen LogP contribution in [0.15, 0.2) is 18.2 Å². The zero-order valence-corrected chi connectivity index (χ0v) is 10.3. The third-order valence-corrected chi connectivity index (χ3v) is 2.37. The first kappa shape index (κ1) is 14.9. The van der Waals surface area contributed by atoms with Gasteiger partial charge in [-0.1, -0.05) is 5.92 Å². The summed E-state index contributed by atoms with van der Waals surface area (Å²) in [5.41, 5.74) is -2.59. The number of benzene rings is 1. The number of aromatic carboxylic acids is 1. The standard InChI is InChI=1S/C13H12F3NO2/c1-4-12(2,3)17-8-5-6-10(13(14,15)16)9(7-8)11(18)19/h1,5-7,17H,2-3H3,(H,18,19). The molecule has 102 valence electrons. The summed E-state index contributed by atoms with van der Waals surface area (Å²) in [6.07, 6.45) is 0.528. The second-order valence-electron chi connectivity index (χ2n) is 4.46. The average molecular weight is 271 g/mol. The van der Waals surface area contributed by atoms with Crippen LogP contribution in [0.1, 0.15) is 29.8 Å². The predicted molar refractivity (Wildman–Crippen MR) is 64.9 cm³/mol. The molecule has 0 bridgehead atoms. The van der Waals surface area contributed by atoms with E-state index in [1.807, 2.05) is 0 Å². The van der Waals surface area contributed by atoms with E-state index in [0.29, 0.717) is 0 Å². The molecule has 0 atom stereocenters. The summed E-state index contributed by atoms with van der Waals surface area (Å²) >= 11 is 0. The van der Waals surface area contributed by atoms with Crippen LogP contribution >= 0.6 is 0 Å². The second-order valence-corrected chi connectivity index (χ2v) is 4.46. The highest BCUT2D eigenvalue weighted by molar-refractivity contribution is 5.91. The van der Waals surface area contributed by atoms with E-state index >= 15 is 0 Å². The molecule has 0 amide bonds. The molecule has 1 aromatic rings. The summed E-state index contributed by atoms with van der Waals surface area (Å²) in [5.74, 6) is 0.759. The average Bonchev–Trinajstić information content (AvgIpc) is 2.26. The largest absolute Gasteiger partial charge is 0.478 e. The van der Waals surface area contributed by atoms with Gasteiger partial charge in [0.2, 0.25) is 0 Å². The minimum absolute atomic E-state index is 0.216. The molecule has 19 heavy (non-hydrogen) atoms. The van der Waals surface area contributed by atoms with Gasteiger partial charge in [-0.3, -0.25) is 0 Å². The fourth-order valence-corrected chi connectivity index (χ4v) is 1.44. The highest BCUT2D eigenvalue weighted by atomic mass is 19.4. The highest BCUT2D eigenvalue weighted by Gasteiger charge is 2.35. The number of halogens is 3. The molecule has 1 rings (SSSR count). The summed E-state index contributed by atoms with van der Waals surface area (Å²) in [4.78, 5) is 10.9. The molecule has 0 heterocycles. The van der Waals surface area contributed by atoms with Crippen molar-refractivity contribution in [1.29, 1.82) is 0 Å². The first-order valence-corrected chi connectivity index (χ1v) is 5.27. The van der Waals surface area contributed by atoms with Gasteiger partial charge in [0, 0.05) is 5.69 Å². The quantitative estimate of drug-likeness (QED) is 0.830. The SMILES string of the molecule is C#CC(C)(C)Nc1ccc(C(F)(F)F)c(C(=O)O)c1. The van der Waals surface area contributed by atoms with Gasteiger partial charge >= 0.3 is 12.1 Å². The summed E-state index contributed by atoms with van der Waals surface area (Å²) in [7, 11) is 0. The lowest BCUT2D eigenvalue weighted by Crippen LogP contribution is -2.28. The van der Waals surface area contributed by atoms with E-state index in [4.69, 9.17) is 11.5 Å². The fourth-order valence-electron chi connectivity index (χ4n) is 1.44. The van der Waals surface area contributed by atoms with Crippen molar-refractivity contribution >= 4 is 11.7 Å². The Kier molecular flexibility index (Phi) is 3.80. The molecule has 0 aliphatic carbocycles.